The quantitative estimate of drug-likeness (QED) is 0.882. The van der Waals surface area contributed by atoms with Gasteiger partial charge in [-0.1, -0.05) is 40.9 Å². The smallest absolute Gasteiger partial charge is 0.0659 e. The average Bonchev–Trinajstić information content (AvgIpc) is 2.35. The molecule has 2 aromatic carbocycles. The molecular formula is C17H21ClN2. The van der Waals surface area contributed by atoms with Crippen LogP contribution in [-0.2, 0) is 6.54 Å². The molecule has 0 aliphatic heterocycles. The molecule has 20 heavy (non-hydrogen) atoms. The lowest BCUT2D eigenvalue weighted by Gasteiger charge is -2.16. The zero-order chi connectivity index (χ0) is 14.7. The van der Waals surface area contributed by atoms with Crippen LogP contribution in [0.5, 0.6) is 0 Å². The topological polar surface area (TPSA) is 15.3 Å². The maximum absolute atomic E-state index is 6.27. The maximum Gasteiger partial charge on any atom is 0.0659 e. The van der Waals surface area contributed by atoms with E-state index in [1.165, 1.54) is 16.7 Å². The Kier molecular flexibility index (Phi) is 4.56. The standard InChI is InChI=1S/C17H21ClN2/c1-12-7-13(2)9-14(8-12)11-19-15-5-6-17(20(3)4)16(18)10-15/h5-10,19H,11H2,1-4H3. The number of nitrogens with one attached hydrogen (secondary N) is 1. The van der Waals surface area contributed by atoms with E-state index >= 15 is 0 Å². The van der Waals surface area contributed by atoms with Gasteiger partial charge in [-0.3, -0.25) is 0 Å². The van der Waals surface area contributed by atoms with E-state index in [0.29, 0.717) is 0 Å². The minimum atomic E-state index is 0.764. The van der Waals surface area contributed by atoms with E-state index in [1.54, 1.807) is 0 Å². The molecule has 0 fully saturated rings. The highest BCUT2D eigenvalue weighted by Crippen LogP contribution is 2.27. The van der Waals surface area contributed by atoms with Crippen LogP contribution in [0.25, 0.3) is 0 Å². The minimum absolute atomic E-state index is 0.764. The average molecular weight is 289 g/mol. The molecular weight excluding hydrogens is 268 g/mol. The molecule has 0 aliphatic rings. The van der Waals surface area contributed by atoms with Crippen LogP contribution >= 0.6 is 11.6 Å². The van der Waals surface area contributed by atoms with Gasteiger partial charge in [0.05, 0.1) is 10.7 Å². The van der Waals surface area contributed by atoms with Crippen LogP contribution < -0.4 is 10.2 Å². The van der Waals surface area contributed by atoms with Gasteiger partial charge in [-0.2, -0.15) is 0 Å². The van der Waals surface area contributed by atoms with Crippen LogP contribution in [0.15, 0.2) is 36.4 Å². The number of hydrogen-bond donors (Lipinski definition) is 1. The Hall–Kier alpha value is -1.67. The van der Waals surface area contributed by atoms with Crippen LogP contribution in [-0.4, -0.2) is 14.1 Å². The van der Waals surface area contributed by atoms with E-state index in [2.05, 4.69) is 43.4 Å². The first-order chi connectivity index (χ1) is 9.45. The normalized spacial score (nSPS) is 10.4. The molecule has 0 aliphatic carbocycles. The SMILES string of the molecule is Cc1cc(C)cc(CNc2ccc(N(C)C)c(Cl)c2)c1. The Morgan fingerprint density at radius 3 is 2.20 bits per heavy atom. The molecule has 0 unspecified atom stereocenters. The first-order valence-electron chi connectivity index (χ1n) is 6.73. The van der Waals surface area contributed by atoms with Crippen molar-refractivity contribution >= 4 is 23.0 Å². The van der Waals surface area contributed by atoms with Crippen molar-refractivity contribution < 1.29 is 0 Å². The van der Waals surface area contributed by atoms with Gasteiger partial charge >= 0.3 is 0 Å². The number of nitrogens with zero attached hydrogens (tertiary/aromatic N) is 1. The molecule has 0 spiro atoms. The zero-order valence-corrected chi connectivity index (χ0v) is 13.3. The highest BCUT2D eigenvalue weighted by molar-refractivity contribution is 6.33. The molecule has 106 valence electrons. The number of benzene rings is 2. The third-order valence-corrected chi connectivity index (χ3v) is 3.51. The second-order valence-electron chi connectivity index (χ2n) is 5.41. The summed E-state index contributed by atoms with van der Waals surface area (Å²) in [4.78, 5) is 2.01. The summed E-state index contributed by atoms with van der Waals surface area (Å²) < 4.78 is 0. The van der Waals surface area contributed by atoms with Gasteiger partial charge in [-0.25, -0.2) is 0 Å². The van der Waals surface area contributed by atoms with Crippen molar-refractivity contribution in [3.8, 4) is 0 Å². The molecule has 2 rings (SSSR count). The second-order valence-corrected chi connectivity index (χ2v) is 5.82. The van der Waals surface area contributed by atoms with Gasteiger partial charge in [0, 0.05) is 26.3 Å². The number of rotatable bonds is 4. The summed E-state index contributed by atoms with van der Waals surface area (Å²) in [5, 5.41) is 4.18. The van der Waals surface area contributed by atoms with E-state index in [-0.39, 0.29) is 0 Å². The van der Waals surface area contributed by atoms with E-state index < -0.39 is 0 Å². The van der Waals surface area contributed by atoms with Crippen LogP contribution in [0.2, 0.25) is 5.02 Å². The number of halogens is 1. The molecule has 0 heterocycles. The van der Waals surface area contributed by atoms with Gasteiger partial charge in [-0.15, -0.1) is 0 Å². The summed E-state index contributed by atoms with van der Waals surface area (Å²) >= 11 is 6.27. The fourth-order valence-corrected chi connectivity index (χ4v) is 2.70. The van der Waals surface area contributed by atoms with Gasteiger partial charge < -0.3 is 10.2 Å². The van der Waals surface area contributed by atoms with Crippen molar-refractivity contribution in [3.63, 3.8) is 0 Å². The largest absolute Gasteiger partial charge is 0.381 e. The lowest BCUT2D eigenvalue weighted by molar-refractivity contribution is 1.12. The van der Waals surface area contributed by atoms with Gasteiger partial charge in [0.1, 0.15) is 0 Å². The summed E-state index contributed by atoms with van der Waals surface area (Å²) in [6.45, 7) is 5.05. The Morgan fingerprint density at radius 2 is 1.65 bits per heavy atom. The highest BCUT2D eigenvalue weighted by Gasteiger charge is 2.04. The lowest BCUT2D eigenvalue weighted by Crippen LogP contribution is -2.09. The lowest BCUT2D eigenvalue weighted by atomic mass is 10.1. The Bertz CT molecular complexity index is 586. The number of hydrogen-bond acceptors (Lipinski definition) is 2. The fraction of sp³-hybridized carbons (Fsp3) is 0.294. The summed E-state index contributed by atoms with van der Waals surface area (Å²) in [6, 6.07) is 12.7. The first-order valence-corrected chi connectivity index (χ1v) is 7.11. The maximum atomic E-state index is 6.27. The molecule has 2 nitrogen and oxygen atoms in total. The summed E-state index contributed by atoms with van der Waals surface area (Å²) in [5.41, 5.74) is 5.95. The van der Waals surface area contributed by atoms with E-state index in [9.17, 15) is 0 Å². The van der Waals surface area contributed by atoms with Crippen molar-refractivity contribution in [2.45, 2.75) is 20.4 Å². The molecule has 0 bridgehead atoms. The van der Waals surface area contributed by atoms with Crippen molar-refractivity contribution in [1.82, 2.24) is 0 Å². The Morgan fingerprint density at radius 1 is 1.00 bits per heavy atom. The fourth-order valence-electron chi connectivity index (χ4n) is 2.35. The summed E-state index contributed by atoms with van der Waals surface area (Å²) in [7, 11) is 3.98. The molecule has 0 amide bonds. The van der Waals surface area contributed by atoms with Crippen molar-refractivity contribution in [2.24, 2.45) is 0 Å². The van der Waals surface area contributed by atoms with E-state index in [0.717, 1.165) is 22.9 Å². The third-order valence-electron chi connectivity index (χ3n) is 3.21. The number of anilines is 2. The van der Waals surface area contributed by atoms with Crippen LogP contribution in [0, 0.1) is 13.8 Å². The molecule has 0 aromatic heterocycles. The molecule has 0 radical (unpaired) electrons. The van der Waals surface area contributed by atoms with Crippen molar-refractivity contribution in [3.05, 3.63) is 58.1 Å². The minimum Gasteiger partial charge on any atom is -0.381 e. The highest BCUT2D eigenvalue weighted by atomic mass is 35.5. The molecule has 1 N–H and O–H groups in total. The second kappa shape index (κ2) is 6.19. The molecule has 3 heteroatoms. The predicted octanol–water partition coefficient (Wildman–Crippen LogP) is 4.63. The van der Waals surface area contributed by atoms with Gasteiger partial charge in [-0.05, 0) is 37.6 Å². The summed E-state index contributed by atoms with van der Waals surface area (Å²) in [5.74, 6) is 0. The molecule has 2 aromatic rings. The van der Waals surface area contributed by atoms with E-state index in [4.69, 9.17) is 11.6 Å². The van der Waals surface area contributed by atoms with Crippen LogP contribution in [0.4, 0.5) is 11.4 Å². The van der Waals surface area contributed by atoms with Crippen LogP contribution in [0.1, 0.15) is 16.7 Å². The molecule has 0 saturated carbocycles. The zero-order valence-electron chi connectivity index (χ0n) is 12.5. The van der Waals surface area contributed by atoms with Gasteiger partial charge in [0.25, 0.3) is 0 Å². The predicted molar refractivity (Wildman–Crippen MR) is 89.0 cm³/mol. The molecule has 0 atom stereocenters. The Labute approximate surface area is 126 Å². The van der Waals surface area contributed by atoms with Crippen LogP contribution in [0.3, 0.4) is 0 Å². The van der Waals surface area contributed by atoms with Crippen molar-refractivity contribution in [2.75, 3.05) is 24.3 Å². The van der Waals surface area contributed by atoms with Gasteiger partial charge in [0.15, 0.2) is 0 Å². The monoisotopic (exact) mass is 288 g/mol. The third kappa shape index (κ3) is 3.67. The first kappa shape index (κ1) is 14.7. The molecule has 0 saturated heterocycles. The Balaban J connectivity index is 2.09. The van der Waals surface area contributed by atoms with Crippen molar-refractivity contribution in [1.29, 1.82) is 0 Å². The van der Waals surface area contributed by atoms with Gasteiger partial charge in [0.2, 0.25) is 0 Å². The summed E-state index contributed by atoms with van der Waals surface area (Å²) in [6.07, 6.45) is 0. The number of aryl methyl sites for hydroxylation is 2. The van der Waals surface area contributed by atoms with E-state index in [1.807, 2.05) is 31.1 Å².